The molecule has 0 saturated carbocycles. The first-order valence-electron chi connectivity index (χ1n) is 7.26. The number of hydrogen-bond donors (Lipinski definition) is 0. The lowest BCUT2D eigenvalue weighted by Crippen LogP contribution is -2.14. The van der Waals surface area contributed by atoms with Gasteiger partial charge in [0.05, 0.1) is 26.8 Å². The Morgan fingerprint density at radius 1 is 1.05 bits per heavy atom. The summed E-state index contributed by atoms with van der Waals surface area (Å²) in [6, 6.07) is 19.9. The average molecular weight is 312 g/mol. The molecule has 0 fully saturated rings. The summed E-state index contributed by atoms with van der Waals surface area (Å²) < 4.78 is 0. The van der Waals surface area contributed by atoms with Crippen LogP contribution in [0.1, 0.15) is 19.8 Å². The van der Waals surface area contributed by atoms with E-state index in [0.717, 1.165) is 18.6 Å². The van der Waals surface area contributed by atoms with E-state index >= 15 is 0 Å². The molecule has 106 valence electrons. The SMILES string of the molecule is CC(C#N)CCC[S+]1c2ccccc2Sc2ccccc21. The maximum absolute atomic E-state index is 8.94. The van der Waals surface area contributed by atoms with Crippen molar-refractivity contribution >= 4 is 22.7 Å². The van der Waals surface area contributed by atoms with Gasteiger partial charge < -0.3 is 0 Å². The fraction of sp³-hybridized carbons (Fsp3) is 0.278. The van der Waals surface area contributed by atoms with Crippen LogP contribution in [0, 0.1) is 17.2 Å². The van der Waals surface area contributed by atoms with Gasteiger partial charge in [-0.15, -0.1) is 0 Å². The second-order valence-corrected chi connectivity index (χ2v) is 8.42. The van der Waals surface area contributed by atoms with Crippen LogP contribution in [0.3, 0.4) is 0 Å². The van der Waals surface area contributed by atoms with Crippen LogP contribution < -0.4 is 0 Å². The van der Waals surface area contributed by atoms with Crippen LogP contribution in [-0.4, -0.2) is 5.75 Å². The van der Waals surface area contributed by atoms with E-state index in [1.165, 1.54) is 19.6 Å². The van der Waals surface area contributed by atoms with E-state index in [0.29, 0.717) is 0 Å². The molecule has 0 aliphatic carbocycles. The third-order valence-corrected chi connectivity index (χ3v) is 7.54. The highest BCUT2D eigenvalue weighted by Gasteiger charge is 2.34. The second-order valence-electron chi connectivity index (χ2n) is 5.26. The normalized spacial score (nSPS) is 14.9. The fourth-order valence-electron chi connectivity index (χ4n) is 2.53. The van der Waals surface area contributed by atoms with E-state index < -0.39 is 0 Å². The van der Waals surface area contributed by atoms with Gasteiger partial charge in [-0.25, -0.2) is 0 Å². The molecule has 0 bridgehead atoms. The first-order valence-corrected chi connectivity index (χ1v) is 9.47. The molecule has 1 atom stereocenters. The van der Waals surface area contributed by atoms with Gasteiger partial charge in [-0.05, 0) is 44.0 Å². The maximum Gasteiger partial charge on any atom is 0.174 e. The summed E-state index contributed by atoms with van der Waals surface area (Å²) in [5.41, 5.74) is 0. The van der Waals surface area contributed by atoms with Crippen LogP contribution in [0.5, 0.6) is 0 Å². The topological polar surface area (TPSA) is 23.8 Å². The summed E-state index contributed by atoms with van der Waals surface area (Å²) in [5, 5.41) is 8.94. The Kier molecular flexibility index (Phi) is 4.57. The lowest BCUT2D eigenvalue weighted by Gasteiger charge is -2.19. The van der Waals surface area contributed by atoms with E-state index in [9.17, 15) is 0 Å². The minimum Gasteiger partial charge on any atom is -0.198 e. The van der Waals surface area contributed by atoms with Crippen molar-refractivity contribution in [3.63, 3.8) is 0 Å². The molecule has 0 spiro atoms. The molecule has 3 rings (SSSR count). The molecule has 2 aromatic rings. The molecule has 1 aliphatic rings. The number of hydrogen-bond acceptors (Lipinski definition) is 2. The first-order chi connectivity index (χ1) is 10.3. The van der Waals surface area contributed by atoms with Crippen molar-refractivity contribution in [2.45, 2.75) is 39.3 Å². The zero-order valence-electron chi connectivity index (χ0n) is 12.1. The van der Waals surface area contributed by atoms with Gasteiger partial charge >= 0.3 is 0 Å². The fourth-order valence-corrected chi connectivity index (χ4v) is 6.49. The summed E-state index contributed by atoms with van der Waals surface area (Å²) in [5.74, 6) is 1.32. The summed E-state index contributed by atoms with van der Waals surface area (Å²) in [6.07, 6.45) is 2.11. The van der Waals surface area contributed by atoms with Crippen molar-refractivity contribution in [1.29, 1.82) is 5.26 Å². The standard InChI is InChI=1S/C18H18NS2/c1-14(13-19)7-6-12-21-17-10-4-2-8-15(17)20-16-9-3-5-11-18(16)21/h2-5,8-11,14H,6-7,12H2,1H3/q+1. The Balaban J connectivity index is 1.86. The van der Waals surface area contributed by atoms with Crippen LogP contribution in [0.15, 0.2) is 68.1 Å². The van der Waals surface area contributed by atoms with E-state index in [2.05, 4.69) is 54.6 Å². The Bertz CT molecular complexity index is 629. The number of rotatable bonds is 4. The van der Waals surface area contributed by atoms with E-state index in [4.69, 9.17) is 5.26 Å². The minimum atomic E-state index is 0.157. The Hall–Kier alpha value is -1.37. The minimum absolute atomic E-state index is 0.157. The molecule has 0 saturated heterocycles. The van der Waals surface area contributed by atoms with Gasteiger partial charge in [-0.2, -0.15) is 5.26 Å². The van der Waals surface area contributed by atoms with E-state index in [1.54, 1.807) is 0 Å². The van der Waals surface area contributed by atoms with Gasteiger partial charge in [0, 0.05) is 5.92 Å². The summed E-state index contributed by atoms with van der Waals surface area (Å²) in [7, 11) is 0.157. The van der Waals surface area contributed by atoms with Crippen molar-refractivity contribution in [3.05, 3.63) is 48.5 Å². The van der Waals surface area contributed by atoms with Gasteiger partial charge in [0.15, 0.2) is 9.79 Å². The molecule has 0 radical (unpaired) electrons. The van der Waals surface area contributed by atoms with Gasteiger partial charge in [0.1, 0.15) is 5.75 Å². The van der Waals surface area contributed by atoms with Crippen molar-refractivity contribution in [2.24, 2.45) is 5.92 Å². The Morgan fingerprint density at radius 2 is 1.62 bits per heavy atom. The molecule has 0 aromatic heterocycles. The largest absolute Gasteiger partial charge is 0.198 e. The lowest BCUT2D eigenvalue weighted by molar-refractivity contribution is 0.649. The molecule has 3 heteroatoms. The molecular weight excluding hydrogens is 294 g/mol. The molecule has 1 unspecified atom stereocenters. The monoisotopic (exact) mass is 312 g/mol. The van der Waals surface area contributed by atoms with Crippen molar-refractivity contribution < 1.29 is 0 Å². The number of nitrogens with zero attached hydrogens (tertiary/aromatic N) is 1. The predicted molar refractivity (Wildman–Crippen MR) is 89.8 cm³/mol. The number of fused-ring (bicyclic) bond motifs is 2. The quantitative estimate of drug-likeness (QED) is 0.731. The maximum atomic E-state index is 8.94. The van der Waals surface area contributed by atoms with Crippen LogP contribution in [-0.2, 0) is 10.9 Å². The van der Waals surface area contributed by atoms with E-state index in [1.807, 2.05) is 18.7 Å². The Morgan fingerprint density at radius 3 is 2.19 bits per heavy atom. The smallest absolute Gasteiger partial charge is 0.174 e. The molecule has 1 nitrogen and oxygen atoms in total. The molecule has 0 N–H and O–H groups in total. The summed E-state index contributed by atoms with van der Waals surface area (Å²) in [4.78, 5) is 5.75. The summed E-state index contributed by atoms with van der Waals surface area (Å²) >= 11 is 1.89. The lowest BCUT2D eigenvalue weighted by atomic mass is 10.1. The molecule has 0 amide bonds. The zero-order valence-corrected chi connectivity index (χ0v) is 13.7. The number of benzene rings is 2. The first kappa shape index (κ1) is 14.6. The third-order valence-electron chi connectivity index (χ3n) is 3.66. The van der Waals surface area contributed by atoms with Gasteiger partial charge in [-0.1, -0.05) is 36.0 Å². The molecule has 2 aromatic carbocycles. The van der Waals surface area contributed by atoms with Crippen molar-refractivity contribution in [3.8, 4) is 6.07 Å². The molecular formula is C18H18NS2+. The highest BCUT2D eigenvalue weighted by Crippen LogP contribution is 2.45. The third kappa shape index (κ3) is 3.12. The van der Waals surface area contributed by atoms with Gasteiger partial charge in [0.25, 0.3) is 0 Å². The van der Waals surface area contributed by atoms with Crippen LogP contribution >= 0.6 is 11.8 Å². The van der Waals surface area contributed by atoms with Crippen molar-refractivity contribution in [1.82, 2.24) is 0 Å². The molecule has 1 aliphatic heterocycles. The van der Waals surface area contributed by atoms with Gasteiger partial charge in [-0.3, -0.25) is 0 Å². The van der Waals surface area contributed by atoms with Crippen LogP contribution in [0.25, 0.3) is 0 Å². The Labute approximate surface area is 133 Å². The molecule has 1 heterocycles. The van der Waals surface area contributed by atoms with E-state index in [-0.39, 0.29) is 16.8 Å². The predicted octanol–water partition coefficient (Wildman–Crippen LogP) is 5.13. The number of nitriles is 1. The van der Waals surface area contributed by atoms with Crippen LogP contribution in [0.4, 0.5) is 0 Å². The summed E-state index contributed by atoms with van der Waals surface area (Å²) in [6.45, 7) is 2.02. The zero-order chi connectivity index (χ0) is 14.7. The van der Waals surface area contributed by atoms with Crippen LogP contribution in [0.2, 0.25) is 0 Å². The average Bonchev–Trinajstić information content (AvgIpc) is 2.54. The highest BCUT2D eigenvalue weighted by molar-refractivity contribution is 8.04. The van der Waals surface area contributed by atoms with Crippen molar-refractivity contribution in [2.75, 3.05) is 5.75 Å². The second kappa shape index (κ2) is 6.60. The highest BCUT2D eigenvalue weighted by atomic mass is 32.2. The van der Waals surface area contributed by atoms with Gasteiger partial charge in [0.2, 0.25) is 0 Å². The molecule has 21 heavy (non-hydrogen) atoms.